The Morgan fingerprint density at radius 2 is 1.75 bits per heavy atom. The number of carbonyl (C=O) groups excluding carboxylic acids is 2. The maximum Gasteiger partial charge on any atom is 0.471 e. The highest BCUT2D eigenvalue weighted by molar-refractivity contribution is 5.82. The quantitative estimate of drug-likeness (QED) is 0.842. The zero-order valence-corrected chi connectivity index (χ0v) is 14.1. The van der Waals surface area contributed by atoms with Gasteiger partial charge in [-0.1, -0.05) is 13.3 Å². The van der Waals surface area contributed by atoms with E-state index in [0.717, 1.165) is 37.3 Å². The fourth-order valence-electron chi connectivity index (χ4n) is 3.55. The molecule has 0 aromatic rings. The van der Waals surface area contributed by atoms with Crippen LogP contribution in [0.2, 0.25) is 0 Å². The Morgan fingerprint density at radius 1 is 1.08 bits per heavy atom. The number of nitrogens with zero attached hydrogens (tertiary/aromatic N) is 2. The maximum absolute atomic E-state index is 12.4. The van der Waals surface area contributed by atoms with Crippen molar-refractivity contribution in [1.29, 1.82) is 0 Å². The molecule has 5 nitrogen and oxygen atoms in total. The number of likely N-dealkylation sites (tertiary alicyclic amines) is 2. The minimum Gasteiger partial charge on any atom is -0.354 e. The molecule has 2 amide bonds. The van der Waals surface area contributed by atoms with Crippen molar-refractivity contribution in [2.75, 3.05) is 32.7 Å². The van der Waals surface area contributed by atoms with Gasteiger partial charge in [0.2, 0.25) is 5.91 Å². The van der Waals surface area contributed by atoms with Crippen LogP contribution in [-0.2, 0) is 9.59 Å². The first-order chi connectivity index (χ1) is 11.3. The number of hydrogen-bond acceptors (Lipinski definition) is 3. The van der Waals surface area contributed by atoms with Crippen LogP contribution in [0.4, 0.5) is 13.2 Å². The predicted octanol–water partition coefficient (Wildman–Crippen LogP) is 1.78. The third-order valence-corrected chi connectivity index (χ3v) is 5.03. The summed E-state index contributed by atoms with van der Waals surface area (Å²) in [5, 5.41) is 2.95. The number of amides is 2. The molecule has 0 aromatic carbocycles. The molecule has 0 spiro atoms. The van der Waals surface area contributed by atoms with Gasteiger partial charge in [0.25, 0.3) is 0 Å². The largest absolute Gasteiger partial charge is 0.471 e. The van der Waals surface area contributed by atoms with E-state index in [2.05, 4.69) is 10.2 Å². The molecule has 0 aromatic heterocycles. The number of carbonyl (C=O) groups is 2. The van der Waals surface area contributed by atoms with Crippen molar-refractivity contribution in [2.45, 2.75) is 51.2 Å². The monoisotopic (exact) mass is 349 g/mol. The van der Waals surface area contributed by atoms with E-state index in [1.165, 1.54) is 0 Å². The molecular formula is C16H26F3N3O2. The molecule has 0 saturated carbocycles. The van der Waals surface area contributed by atoms with Gasteiger partial charge in [-0.2, -0.15) is 13.2 Å². The summed E-state index contributed by atoms with van der Waals surface area (Å²) in [7, 11) is 0. The first kappa shape index (κ1) is 19.0. The molecule has 0 bridgehead atoms. The van der Waals surface area contributed by atoms with E-state index in [-0.39, 0.29) is 31.0 Å². The van der Waals surface area contributed by atoms with Crippen LogP contribution in [0.1, 0.15) is 39.0 Å². The Bertz CT molecular complexity index is 448. The fourth-order valence-corrected chi connectivity index (χ4v) is 3.55. The molecule has 2 rings (SSSR count). The lowest BCUT2D eigenvalue weighted by atomic mass is 9.96. The van der Waals surface area contributed by atoms with Crippen molar-refractivity contribution < 1.29 is 22.8 Å². The molecule has 0 unspecified atom stereocenters. The van der Waals surface area contributed by atoms with Gasteiger partial charge in [0.05, 0.1) is 6.04 Å². The average molecular weight is 349 g/mol. The maximum atomic E-state index is 12.4. The van der Waals surface area contributed by atoms with Gasteiger partial charge >= 0.3 is 12.1 Å². The first-order valence-corrected chi connectivity index (χ1v) is 8.70. The highest BCUT2D eigenvalue weighted by atomic mass is 19.4. The van der Waals surface area contributed by atoms with Crippen molar-refractivity contribution in [3.05, 3.63) is 0 Å². The standard InChI is InChI=1S/C16H26F3N3O2/c1-2-21-8-4-3-5-13(21)14(23)20-11-12-6-9-22(10-7-12)15(24)16(17,18)19/h12-13H,2-11H2,1H3,(H,20,23)/t13-/m0/s1. The van der Waals surface area contributed by atoms with E-state index in [9.17, 15) is 22.8 Å². The summed E-state index contributed by atoms with van der Waals surface area (Å²) in [5.74, 6) is -1.61. The van der Waals surface area contributed by atoms with Gasteiger partial charge in [-0.05, 0) is 44.7 Å². The zero-order valence-electron chi connectivity index (χ0n) is 14.1. The number of likely N-dealkylation sites (N-methyl/N-ethyl adjacent to an activating group) is 1. The highest BCUT2D eigenvalue weighted by Gasteiger charge is 2.43. The Labute approximate surface area is 140 Å². The topological polar surface area (TPSA) is 52.7 Å². The van der Waals surface area contributed by atoms with E-state index >= 15 is 0 Å². The molecule has 2 heterocycles. The Hall–Kier alpha value is -1.31. The van der Waals surface area contributed by atoms with Gasteiger partial charge in [0.1, 0.15) is 0 Å². The molecule has 24 heavy (non-hydrogen) atoms. The summed E-state index contributed by atoms with van der Waals surface area (Å²) in [6, 6.07) is -0.0874. The summed E-state index contributed by atoms with van der Waals surface area (Å²) in [6.45, 7) is 4.50. The number of rotatable bonds is 4. The van der Waals surface area contributed by atoms with Crippen molar-refractivity contribution in [1.82, 2.24) is 15.1 Å². The van der Waals surface area contributed by atoms with Crippen LogP contribution in [0.5, 0.6) is 0 Å². The number of nitrogens with one attached hydrogen (secondary N) is 1. The number of hydrogen-bond donors (Lipinski definition) is 1. The van der Waals surface area contributed by atoms with E-state index < -0.39 is 12.1 Å². The van der Waals surface area contributed by atoms with Gasteiger partial charge in [-0.15, -0.1) is 0 Å². The number of piperidine rings is 2. The molecule has 2 aliphatic rings. The molecule has 0 aliphatic carbocycles. The second kappa shape index (κ2) is 8.18. The molecular weight excluding hydrogens is 323 g/mol. The fraction of sp³-hybridized carbons (Fsp3) is 0.875. The molecule has 138 valence electrons. The first-order valence-electron chi connectivity index (χ1n) is 8.70. The van der Waals surface area contributed by atoms with Gasteiger partial charge in [-0.25, -0.2) is 0 Å². The Morgan fingerprint density at radius 3 is 2.33 bits per heavy atom. The summed E-state index contributed by atoms with van der Waals surface area (Å²) < 4.78 is 37.2. The summed E-state index contributed by atoms with van der Waals surface area (Å²) in [4.78, 5) is 26.6. The normalized spacial score (nSPS) is 24.0. The minimum atomic E-state index is -4.80. The van der Waals surface area contributed by atoms with E-state index in [0.29, 0.717) is 19.4 Å². The van der Waals surface area contributed by atoms with E-state index in [4.69, 9.17) is 0 Å². The molecule has 0 radical (unpaired) electrons. The average Bonchev–Trinajstić information content (AvgIpc) is 2.58. The van der Waals surface area contributed by atoms with Crippen LogP contribution >= 0.6 is 0 Å². The van der Waals surface area contributed by atoms with Crippen LogP contribution in [0, 0.1) is 5.92 Å². The molecule has 2 fully saturated rings. The molecule has 1 N–H and O–H groups in total. The van der Waals surface area contributed by atoms with Crippen LogP contribution in [0.3, 0.4) is 0 Å². The molecule has 1 atom stereocenters. The minimum absolute atomic E-state index is 0.0188. The van der Waals surface area contributed by atoms with Gasteiger partial charge in [0, 0.05) is 19.6 Å². The lowest BCUT2D eigenvalue weighted by Crippen LogP contribution is -2.51. The summed E-state index contributed by atoms with van der Waals surface area (Å²) in [6.07, 6.45) is -0.797. The Kier molecular flexibility index (Phi) is 6.48. The summed E-state index contributed by atoms with van der Waals surface area (Å²) >= 11 is 0. The third kappa shape index (κ3) is 4.84. The van der Waals surface area contributed by atoms with Gasteiger partial charge in [-0.3, -0.25) is 14.5 Å². The Balaban J connectivity index is 1.74. The SMILES string of the molecule is CCN1CCCC[C@H]1C(=O)NCC1CCN(C(=O)C(F)(F)F)CC1. The van der Waals surface area contributed by atoms with Crippen LogP contribution in [0.15, 0.2) is 0 Å². The van der Waals surface area contributed by atoms with Crippen molar-refractivity contribution in [3.63, 3.8) is 0 Å². The lowest BCUT2D eigenvalue weighted by molar-refractivity contribution is -0.186. The molecule has 8 heteroatoms. The zero-order chi connectivity index (χ0) is 17.7. The third-order valence-electron chi connectivity index (χ3n) is 5.03. The second-order valence-corrected chi connectivity index (χ2v) is 6.62. The van der Waals surface area contributed by atoms with Crippen LogP contribution in [-0.4, -0.2) is 66.6 Å². The number of halogens is 3. The van der Waals surface area contributed by atoms with Crippen molar-refractivity contribution >= 4 is 11.8 Å². The van der Waals surface area contributed by atoms with Gasteiger partial charge in [0.15, 0.2) is 0 Å². The molecule has 2 aliphatic heterocycles. The van der Waals surface area contributed by atoms with Crippen molar-refractivity contribution in [2.24, 2.45) is 5.92 Å². The highest BCUT2D eigenvalue weighted by Crippen LogP contribution is 2.24. The number of alkyl halides is 3. The summed E-state index contributed by atoms with van der Waals surface area (Å²) in [5.41, 5.74) is 0. The molecule has 2 saturated heterocycles. The van der Waals surface area contributed by atoms with E-state index in [1.54, 1.807) is 0 Å². The van der Waals surface area contributed by atoms with Crippen LogP contribution < -0.4 is 5.32 Å². The smallest absolute Gasteiger partial charge is 0.354 e. The van der Waals surface area contributed by atoms with Crippen LogP contribution in [0.25, 0.3) is 0 Å². The predicted molar refractivity (Wildman–Crippen MR) is 83.3 cm³/mol. The lowest BCUT2D eigenvalue weighted by Gasteiger charge is -2.35. The second-order valence-electron chi connectivity index (χ2n) is 6.62. The van der Waals surface area contributed by atoms with Crippen molar-refractivity contribution in [3.8, 4) is 0 Å². The van der Waals surface area contributed by atoms with E-state index in [1.807, 2.05) is 6.92 Å². The van der Waals surface area contributed by atoms with Gasteiger partial charge < -0.3 is 10.2 Å².